The van der Waals surface area contributed by atoms with Crippen LogP contribution in [-0.2, 0) is 16.9 Å². The van der Waals surface area contributed by atoms with Crippen molar-refractivity contribution in [3.05, 3.63) is 87.5 Å². The molecule has 8 heteroatoms. The van der Waals surface area contributed by atoms with Gasteiger partial charge in [0.25, 0.3) is 0 Å². The summed E-state index contributed by atoms with van der Waals surface area (Å²) in [5.74, 6) is 0.546. The van der Waals surface area contributed by atoms with Gasteiger partial charge in [-0.15, -0.1) is 0 Å². The molecule has 2 heterocycles. The summed E-state index contributed by atoms with van der Waals surface area (Å²) in [7, 11) is 0. The number of thioether (sulfide) groups is 1. The minimum atomic E-state index is -0.555. The van der Waals surface area contributed by atoms with E-state index in [0.717, 1.165) is 33.9 Å². The number of aryl methyl sites for hydroxylation is 1. The SMILES string of the molecule is CCOC(=O)Nc1ccc2c(CSc3nc(Cc4ccccc4)c(C)[nH]3)cc(=O)oc2c1. The molecular weight excluding hydrogens is 426 g/mol. The summed E-state index contributed by atoms with van der Waals surface area (Å²) in [6.07, 6.45) is 0.207. The molecule has 0 bridgehead atoms. The molecule has 0 aliphatic carbocycles. The Bertz CT molecular complexity index is 1300. The van der Waals surface area contributed by atoms with Crippen LogP contribution in [0.25, 0.3) is 11.0 Å². The first-order valence-corrected chi connectivity index (χ1v) is 11.2. The van der Waals surface area contributed by atoms with Gasteiger partial charge in [-0.05, 0) is 37.1 Å². The molecule has 0 saturated carbocycles. The van der Waals surface area contributed by atoms with Gasteiger partial charge in [-0.25, -0.2) is 14.6 Å². The molecular formula is C24H23N3O4S. The highest BCUT2D eigenvalue weighted by Gasteiger charge is 2.12. The van der Waals surface area contributed by atoms with E-state index in [1.165, 1.54) is 23.4 Å². The van der Waals surface area contributed by atoms with Gasteiger partial charge in [-0.3, -0.25) is 5.32 Å². The summed E-state index contributed by atoms with van der Waals surface area (Å²) in [5, 5.41) is 4.22. The van der Waals surface area contributed by atoms with Gasteiger partial charge in [0.15, 0.2) is 5.16 Å². The Morgan fingerprint density at radius 1 is 1.19 bits per heavy atom. The average molecular weight is 450 g/mol. The lowest BCUT2D eigenvalue weighted by Crippen LogP contribution is -2.13. The molecule has 164 valence electrons. The number of carbonyl (C=O) groups is 1. The summed E-state index contributed by atoms with van der Waals surface area (Å²) in [6, 6.07) is 16.9. The number of nitrogens with one attached hydrogen (secondary N) is 2. The van der Waals surface area contributed by atoms with E-state index in [0.29, 0.717) is 17.0 Å². The van der Waals surface area contributed by atoms with Crippen molar-refractivity contribution in [2.75, 3.05) is 11.9 Å². The molecule has 7 nitrogen and oxygen atoms in total. The number of aromatic amines is 1. The fourth-order valence-electron chi connectivity index (χ4n) is 3.35. The normalized spacial score (nSPS) is 10.9. The van der Waals surface area contributed by atoms with Gasteiger partial charge in [0.2, 0.25) is 0 Å². The minimum absolute atomic E-state index is 0.273. The molecule has 0 atom stereocenters. The Morgan fingerprint density at radius 3 is 2.78 bits per heavy atom. The van der Waals surface area contributed by atoms with E-state index in [9.17, 15) is 9.59 Å². The number of amides is 1. The summed E-state index contributed by atoms with van der Waals surface area (Å²) in [4.78, 5) is 31.8. The molecule has 2 aromatic carbocycles. The molecule has 0 saturated heterocycles. The van der Waals surface area contributed by atoms with E-state index >= 15 is 0 Å². The molecule has 0 radical (unpaired) electrons. The van der Waals surface area contributed by atoms with E-state index in [4.69, 9.17) is 14.1 Å². The molecule has 2 aromatic heterocycles. The maximum Gasteiger partial charge on any atom is 0.411 e. The molecule has 0 spiro atoms. The van der Waals surface area contributed by atoms with Crippen LogP contribution in [0.15, 0.2) is 69.0 Å². The highest BCUT2D eigenvalue weighted by Crippen LogP contribution is 2.27. The van der Waals surface area contributed by atoms with E-state index in [-0.39, 0.29) is 6.61 Å². The molecule has 32 heavy (non-hydrogen) atoms. The van der Waals surface area contributed by atoms with Crippen LogP contribution in [0.2, 0.25) is 0 Å². The molecule has 4 rings (SSSR count). The van der Waals surface area contributed by atoms with Crippen LogP contribution >= 0.6 is 11.8 Å². The number of imidazole rings is 1. The monoisotopic (exact) mass is 449 g/mol. The van der Waals surface area contributed by atoms with Crippen molar-refractivity contribution in [3.63, 3.8) is 0 Å². The predicted octanol–water partition coefficient (Wildman–Crippen LogP) is 5.28. The summed E-state index contributed by atoms with van der Waals surface area (Å²) >= 11 is 1.53. The van der Waals surface area contributed by atoms with Crippen molar-refractivity contribution in [1.82, 2.24) is 9.97 Å². The lowest BCUT2D eigenvalue weighted by molar-refractivity contribution is 0.168. The van der Waals surface area contributed by atoms with Crippen molar-refractivity contribution in [3.8, 4) is 0 Å². The highest BCUT2D eigenvalue weighted by atomic mass is 32.2. The lowest BCUT2D eigenvalue weighted by atomic mass is 10.1. The average Bonchev–Trinajstić information content (AvgIpc) is 3.11. The molecule has 2 N–H and O–H groups in total. The largest absolute Gasteiger partial charge is 0.450 e. The minimum Gasteiger partial charge on any atom is -0.450 e. The predicted molar refractivity (Wildman–Crippen MR) is 125 cm³/mol. The smallest absolute Gasteiger partial charge is 0.411 e. The van der Waals surface area contributed by atoms with E-state index in [1.54, 1.807) is 19.1 Å². The number of hydrogen-bond acceptors (Lipinski definition) is 6. The first-order valence-electron chi connectivity index (χ1n) is 10.2. The first-order chi connectivity index (χ1) is 15.5. The van der Waals surface area contributed by atoms with Gasteiger partial charge in [-0.2, -0.15) is 0 Å². The Hall–Kier alpha value is -3.52. The van der Waals surface area contributed by atoms with Crippen LogP contribution in [0.4, 0.5) is 10.5 Å². The Labute approximate surface area is 189 Å². The molecule has 0 aliphatic rings. The zero-order valence-corrected chi connectivity index (χ0v) is 18.6. The Balaban J connectivity index is 1.51. The zero-order chi connectivity index (χ0) is 22.5. The van der Waals surface area contributed by atoms with Crippen molar-refractivity contribution < 1.29 is 13.9 Å². The summed E-state index contributed by atoms with van der Waals surface area (Å²) in [5.41, 5.74) is 4.54. The molecule has 0 fully saturated rings. The highest BCUT2D eigenvalue weighted by molar-refractivity contribution is 7.98. The van der Waals surface area contributed by atoms with Crippen LogP contribution in [0.5, 0.6) is 0 Å². The van der Waals surface area contributed by atoms with Gasteiger partial charge in [0, 0.05) is 41.1 Å². The molecule has 0 unspecified atom stereocenters. The molecule has 1 amide bonds. The van der Waals surface area contributed by atoms with Gasteiger partial charge >= 0.3 is 11.7 Å². The molecule has 4 aromatic rings. The molecule has 0 aliphatic heterocycles. The number of ether oxygens (including phenoxy) is 1. The van der Waals surface area contributed by atoms with Crippen LogP contribution in [0, 0.1) is 6.92 Å². The Morgan fingerprint density at radius 2 is 2.00 bits per heavy atom. The maximum atomic E-state index is 12.1. The quantitative estimate of drug-likeness (QED) is 0.294. The lowest BCUT2D eigenvalue weighted by Gasteiger charge is -2.08. The second-order valence-electron chi connectivity index (χ2n) is 7.21. The second-order valence-corrected chi connectivity index (χ2v) is 8.18. The van der Waals surface area contributed by atoms with Gasteiger partial charge in [-0.1, -0.05) is 42.1 Å². The number of rotatable bonds is 7. The number of hydrogen-bond donors (Lipinski definition) is 2. The fraction of sp³-hybridized carbons (Fsp3) is 0.208. The third-order valence-corrected chi connectivity index (χ3v) is 5.82. The second kappa shape index (κ2) is 9.74. The number of carbonyl (C=O) groups excluding carboxylic acids is 1. The van der Waals surface area contributed by atoms with Crippen LogP contribution < -0.4 is 10.9 Å². The van der Waals surface area contributed by atoms with Gasteiger partial charge in [0.1, 0.15) is 5.58 Å². The number of anilines is 1. The van der Waals surface area contributed by atoms with Gasteiger partial charge in [0.05, 0.1) is 12.3 Å². The number of nitrogens with zero attached hydrogens (tertiary/aromatic N) is 1. The van der Waals surface area contributed by atoms with Crippen molar-refractivity contribution in [1.29, 1.82) is 0 Å². The van der Waals surface area contributed by atoms with Crippen LogP contribution in [-0.4, -0.2) is 22.7 Å². The third-order valence-electron chi connectivity index (χ3n) is 4.89. The van der Waals surface area contributed by atoms with Crippen molar-refractivity contribution in [2.24, 2.45) is 0 Å². The summed E-state index contributed by atoms with van der Waals surface area (Å²) < 4.78 is 10.2. The first kappa shape index (κ1) is 21.7. The van der Waals surface area contributed by atoms with Crippen LogP contribution in [0.3, 0.4) is 0 Å². The number of aromatic nitrogens is 2. The van der Waals surface area contributed by atoms with E-state index in [1.807, 2.05) is 31.2 Å². The number of H-pyrrole nitrogens is 1. The van der Waals surface area contributed by atoms with Gasteiger partial charge < -0.3 is 14.1 Å². The zero-order valence-electron chi connectivity index (χ0n) is 17.8. The number of fused-ring (bicyclic) bond motifs is 1. The van der Waals surface area contributed by atoms with Crippen molar-refractivity contribution in [2.45, 2.75) is 31.2 Å². The van der Waals surface area contributed by atoms with Crippen LogP contribution in [0.1, 0.15) is 29.4 Å². The van der Waals surface area contributed by atoms with E-state index < -0.39 is 11.7 Å². The fourth-order valence-corrected chi connectivity index (χ4v) is 4.29. The topological polar surface area (TPSA) is 97.2 Å². The Kier molecular flexibility index (Phi) is 6.61. The summed E-state index contributed by atoms with van der Waals surface area (Å²) in [6.45, 7) is 4.02. The standard InChI is InChI=1S/C24H23N3O4S/c1-3-30-24(29)26-18-9-10-19-17(12-22(28)31-21(19)13-18)14-32-23-25-15(2)20(27-23)11-16-7-5-4-6-8-16/h4-10,12-13H,3,11,14H2,1-2H3,(H,25,27)(H,26,29). The van der Waals surface area contributed by atoms with Crippen molar-refractivity contribution >= 4 is 34.5 Å². The number of benzene rings is 2. The maximum absolute atomic E-state index is 12.1. The third kappa shape index (κ3) is 5.20. The van der Waals surface area contributed by atoms with E-state index in [2.05, 4.69) is 22.4 Å².